The number of carbonyl (C=O) groups is 2. The van der Waals surface area contributed by atoms with Gasteiger partial charge in [-0.15, -0.1) is 0 Å². The minimum Gasteiger partial charge on any atom is -0.490 e. The fourth-order valence-corrected chi connectivity index (χ4v) is 6.94. The molecule has 3 aliphatic rings. The third-order valence-corrected chi connectivity index (χ3v) is 9.48. The number of benzene rings is 1. The first-order valence-corrected chi connectivity index (χ1v) is 16.1. The Hall–Kier alpha value is -3.67. The van der Waals surface area contributed by atoms with Crippen LogP contribution in [0, 0.1) is 5.41 Å². The topological polar surface area (TPSA) is 135 Å². The molecule has 1 spiro atoms. The predicted octanol–water partition coefficient (Wildman–Crippen LogP) is 2.88. The van der Waals surface area contributed by atoms with Gasteiger partial charge in [-0.1, -0.05) is 6.07 Å². The molecule has 4 N–H and O–H groups in total. The van der Waals surface area contributed by atoms with E-state index in [0.29, 0.717) is 28.1 Å². The molecule has 0 unspecified atom stereocenters. The van der Waals surface area contributed by atoms with Crippen molar-refractivity contribution in [1.29, 1.82) is 0 Å². The highest BCUT2D eigenvalue weighted by Gasteiger charge is 2.54. The van der Waals surface area contributed by atoms with E-state index in [1.807, 2.05) is 12.1 Å². The molecule has 0 atom stereocenters. The van der Waals surface area contributed by atoms with Gasteiger partial charge in [0, 0.05) is 32.2 Å². The van der Waals surface area contributed by atoms with Gasteiger partial charge in [0.25, 0.3) is 11.8 Å². The normalized spacial score (nSPS) is 23.8. The van der Waals surface area contributed by atoms with Crippen molar-refractivity contribution in [2.24, 2.45) is 11.1 Å². The van der Waals surface area contributed by atoms with Crippen molar-refractivity contribution >= 4 is 17.3 Å². The number of nitrogens with zero attached hydrogens (tertiary/aromatic N) is 4. The van der Waals surface area contributed by atoms with E-state index in [9.17, 15) is 14.7 Å². The molecule has 3 heterocycles. The minimum atomic E-state index is -0.946. The number of hydrogen-bond donors (Lipinski definition) is 3. The van der Waals surface area contributed by atoms with E-state index < -0.39 is 11.5 Å². The first kappa shape index (κ1) is 31.3. The number of nitrogens with two attached hydrogens (primary N) is 1. The molecule has 11 nitrogen and oxygen atoms in total. The van der Waals surface area contributed by atoms with E-state index in [0.717, 1.165) is 76.8 Å². The van der Waals surface area contributed by atoms with E-state index in [2.05, 4.69) is 27.3 Å². The number of hydrogen-bond acceptors (Lipinski definition) is 8. The number of rotatable bonds is 12. The van der Waals surface area contributed by atoms with E-state index in [1.165, 1.54) is 0 Å². The Morgan fingerprint density at radius 1 is 1.09 bits per heavy atom. The summed E-state index contributed by atoms with van der Waals surface area (Å²) in [6.45, 7) is 9.04. The lowest BCUT2D eigenvalue weighted by Crippen LogP contribution is -2.58. The lowest BCUT2D eigenvalue weighted by Gasteiger charge is -2.57. The monoisotopic (exact) mass is 618 g/mol. The molecule has 1 aromatic carbocycles. The van der Waals surface area contributed by atoms with E-state index in [1.54, 1.807) is 49.0 Å². The number of aliphatic hydroxyl groups is 1. The molecule has 2 aromatic heterocycles. The second kappa shape index (κ2) is 12.6. The van der Waals surface area contributed by atoms with Crippen LogP contribution in [0.2, 0.25) is 0 Å². The van der Waals surface area contributed by atoms with Crippen LogP contribution in [0.4, 0.5) is 0 Å². The van der Waals surface area contributed by atoms with Crippen molar-refractivity contribution in [1.82, 2.24) is 24.7 Å². The van der Waals surface area contributed by atoms with Gasteiger partial charge < -0.3 is 35.4 Å². The highest BCUT2D eigenvalue weighted by atomic mass is 16.5. The predicted molar refractivity (Wildman–Crippen MR) is 171 cm³/mol. The summed E-state index contributed by atoms with van der Waals surface area (Å²) in [5.74, 6) is 0.543. The average Bonchev–Trinajstić information content (AvgIpc) is 3.38. The Labute approximate surface area is 264 Å². The number of primary amides is 1. The zero-order valence-corrected chi connectivity index (χ0v) is 26.6. The quantitative estimate of drug-likeness (QED) is 0.282. The van der Waals surface area contributed by atoms with Crippen molar-refractivity contribution in [3.63, 3.8) is 0 Å². The molecule has 45 heavy (non-hydrogen) atoms. The zero-order chi connectivity index (χ0) is 31.8. The molecule has 3 aromatic rings. The van der Waals surface area contributed by atoms with Crippen LogP contribution < -0.4 is 20.5 Å². The van der Waals surface area contributed by atoms with Crippen LogP contribution in [-0.2, 0) is 6.42 Å². The molecule has 2 amide bonds. The zero-order valence-electron chi connectivity index (χ0n) is 26.6. The fourth-order valence-electron chi connectivity index (χ4n) is 6.94. The Balaban J connectivity index is 0.974. The van der Waals surface area contributed by atoms with Gasteiger partial charge in [-0.2, -0.15) is 5.10 Å². The number of nitrogens with one attached hydrogen (secondary N) is 1. The summed E-state index contributed by atoms with van der Waals surface area (Å²) in [5.41, 5.74) is 7.71. The van der Waals surface area contributed by atoms with Gasteiger partial charge in [0.05, 0.1) is 40.7 Å². The number of aryl methyl sites for hydroxylation is 1. The smallest absolute Gasteiger partial charge is 0.255 e. The Morgan fingerprint density at radius 3 is 2.56 bits per heavy atom. The minimum absolute atomic E-state index is 0.0350. The standard InChI is InChI=1S/C34H46N6O5/c1-33(2,43)22-44-25-7-9-29-28(20-36-40(29)21-25)32(42)37-24-16-34(17-24)18-26(19-34)45-30-15-23(6-8-27(30)31(35)41)5-4-10-39-13-11-38(3)12-14-39/h6-9,15,20-21,24,26,43H,4-5,10-14,16-19,22H2,1-3H3,(H2,35,41)(H,37,42). The SMILES string of the molecule is CN1CCN(CCCc2ccc(C(N)=O)c(OC3CC4(CC(NC(=O)c5cnn6cc(OCC(C)(C)O)ccc56)C4)C3)c2)CC1. The van der Waals surface area contributed by atoms with E-state index in [4.69, 9.17) is 15.2 Å². The highest BCUT2D eigenvalue weighted by Crippen LogP contribution is 2.57. The van der Waals surface area contributed by atoms with Crippen LogP contribution >= 0.6 is 0 Å². The molecule has 11 heteroatoms. The number of amides is 2. The fraction of sp³-hybridized carbons (Fsp3) is 0.559. The van der Waals surface area contributed by atoms with Crippen molar-refractivity contribution in [2.45, 2.75) is 70.1 Å². The van der Waals surface area contributed by atoms with Crippen molar-refractivity contribution in [3.8, 4) is 11.5 Å². The number of aromatic nitrogens is 2. The maximum atomic E-state index is 13.1. The molecule has 2 aliphatic carbocycles. The summed E-state index contributed by atoms with van der Waals surface area (Å²) < 4.78 is 13.6. The maximum absolute atomic E-state index is 13.1. The van der Waals surface area contributed by atoms with E-state index >= 15 is 0 Å². The van der Waals surface area contributed by atoms with Crippen molar-refractivity contribution < 1.29 is 24.2 Å². The summed E-state index contributed by atoms with van der Waals surface area (Å²) >= 11 is 0. The first-order chi connectivity index (χ1) is 21.5. The van der Waals surface area contributed by atoms with Crippen LogP contribution in [0.15, 0.2) is 42.7 Å². The number of pyridine rings is 1. The molecule has 0 radical (unpaired) electrons. The Morgan fingerprint density at radius 2 is 1.84 bits per heavy atom. The second-order valence-electron chi connectivity index (χ2n) is 14.0. The first-order valence-electron chi connectivity index (χ1n) is 16.1. The third kappa shape index (κ3) is 7.43. The lowest BCUT2D eigenvalue weighted by molar-refractivity contribution is -0.0834. The number of ether oxygens (including phenoxy) is 2. The lowest BCUT2D eigenvalue weighted by atomic mass is 9.53. The number of carbonyl (C=O) groups excluding carboxylic acids is 2. The third-order valence-electron chi connectivity index (χ3n) is 9.48. The molecule has 0 bridgehead atoms. The summed E-state index contributed by atoms with van der Waals surface area (Å²) in [5, 5.41) is 17.4. The van der Waals surface area contributed by atoms with Gasteiger partial charge in [-0.3, -0.25) is 9.59 Å². The van der Waals surface area contributed by atoms with Crippen LogP contribution in [0.5, 0.6) is 11.5 Å². The van der Waals surface area contributed by atoms with Crippen LogP contribution in [0.3, 0.4) is 0 Å². The maximum Gasteiger partial charge on any atom is 0.255 e. The van der Waals surface area contributed by atoms with Crippen LogP contribution in [0.1, 0.15) is 72.2 Å². The number of piperazine rings is 1. The molecule has 6 rings (SSSR count). The molecular formula is C34H46N6O5. The molecule has 1 aliphatic heterocycles. The Kier molecular flexibility index (Phi) is 8.78. The Bertz CT molecular complexity index is 1530. The van der Waals surface area contributed by atoms with Gasteiger partial charge in [0.2, 0.25) is 0 Å². The van der Waals surface area contributed by atoms with E-state index in [-0.39, 0.29) is 30.1 Å². The largest absolute Gasteiger partial charge is 0.490 e. The molecular weight excluding hydrogens is 572 g/mol. The van der Waals surface area contributed by atoms with Gasteiger partial charge >= 0.3 is 0 Å². The van der Waals surface area contributed by atoms with Gasteiger partial charge in [0.1, 0.15) is 18.1 Å². The molecule has 3 fully saturated rings. The molecule has 242 valence electrons. The summed E-state index contributed by atoms with van der Waals surface area (Å²) in [6.07, 6.45) is 8.91. The molecule has 2 saturated carbocycles. The number of likely N-dealkylation sites (N-methyl/N-ethyl adjacent to an activating group) is 1. The van der Waals surface area contributed by atoms with Gasteiger partial charge in [0.15, 0.2) is 0 Å². The van der Waals surface area contributed by atoms with Crippen LogP contribution in [0.25, 0.3) is 5.52 Å². The molecule has 1 saturated heterocycles. The summed E-state index contributed by atoms with van der Waals surface area (Å²) in [4.78, 5) is 30.1. The summed E-state index contributed by atoms with van der Waals surface area (Å²) in [6, 6.07) is 9.48. The van der Waals surface area contributed by atoms with Gasteiger partial charge in [-0.05, 0) is 101 Å². The highest BCUT2D eigenvalue weighted by molar-refractivity contribution is 6.00. The average molecular weight is 619 g/mol. The van der Waals surface area contributed by atoms with Crippen LogP contribution in [-0.4, -0.2) is 100 Å². The van der Waals surface area contributed by atoms with Crippen molar-refractivity contribution in [2.75, 3.05) is 46.4 Å². The van der Waals surface area contributed by atoms with Gasteiger partial charge in [-0.25, -0.2) is 4.52 Å². The number of fused-ring (bicyclic) bond motifs is 1. The summed E-state index contributed by atoms with van der Waals surface area (Å²) in [7, 11) is 2.17. The van der Waals surface area contributed by atoms with Crippen molar-refractivity contribution in [3.05, 3.63) is 59.4 Å². The second-order valence-corrected chi connectivity index (χ2v) is 14.0.